The largest absolute Gasteiger partial charge is 0.483 e. The highest BCUT2D eigenvalue weighted by Crippen LogP contribution is 2.29. The quantitative estimate of drug-likeness (QED) is 0.480. The first-order valence-electron chi connectivity index (χ1n) is 12.4. The SMILES string of the molecule is O=C(COc1ccc(-c2ccc(F)cc2)cc1CN1CCN(c2ccccn2)CC1)N1CCSCC1. The molecule has 0 radical (unpaired) electrons. The van der Waals surface area contributed by atoms with E-state index in [1.807, 2.05) is 53.2 Å². The van der Waals surface area contributed by atoms with Crippen molar-refractivity contribution in [3.05, 3.63) is 78.2 Å². The predicted octanol–water partition coefficient (Wildman–Crippen LogP) is 4.16. The Labute approximate surface area is 216 Å². The monoisotopic (exact) mass is 506 g/mol. The number of halogens is 1. The molecule has 2 aliphatic heterocycles. The molecule has 2 aromatic carbocycles. The van der Waals surface area contributed by atoms with Crippen LogP contribution in [-0.4, -0.2) is 78.1 Å². The van der Waals surface area contributed by atoms with Crippen molar-refractivity contribution in [3.8, 4) is 16.9 Å². The lowest BCUT2D eigenvalue weighted by Gasteiger charge is -2.35. The van der Waals surface area contributed by atoms with Gasteiger partial charge in [0.25, 0.3) is 5.91 Å². The maximum atomic E-state index is 13.5. The van der Waals surface area contributed by atoms with E-state index >= 15 is 0 Å². The van der Waals surface area contributed by atoms with Crippen molar-refractivity contribution in [2.24, 2.45) is 0 Å². The zero-order valence-electron chi connectivity index (χ0n) is 20.3. The lowest BCUT2D eigenvalue weighted by atomic mass is 10.0. The Bertz CT molecular complexity index is 1150. The van der Waals surface area contributed by atoms with Crippen LogP contribution in [0, 0.1) is 5.82 Å². The molecule has 2 fully saturated rings. The fraction of sp³-hybridized carbons (Fsp3) is 0.357. The number of carbonyl (C=O) groups is 1. The average molecular weight is 507 g/mol. The van der Waals surface area contributed by atoms with Crippen molar-refractivity contribution >= 4 is 23.5 Å². The van der Waals surface area contributed by atoms with Crippen LogP contribution in [0.1, 0.15) is 5.56 Å². The molecule has 5 rings (SSSR count). The summed E-state index contributed by atoms with van der Waals surface area (Å²) in [6.07, 6.45) is 1.83. The molecule has 3 aromatic rings. The van der Waals surface area contributed by atoms with Crippen molar-refractivity contribution in [2.75, 3.05) is 62.3 Å². The number of hydrogen-bond acceptors (Lipinski definition) is 6. The summed E-state index contributed by atoms with van der Waals surface area (Å²) in [7, 11) is 0. The number of ether oxygens (including phenoxy) is 1. The highest BCUT2D eigenvalue weighted by Gasteiger charge is 2.21. The maximum absolute atomic E-state index is 13.5. The van der Waals surface area contributed by atoms with Crippen LogP contribution in [0.25, 0.3) is 11.1 Å². The fourth-order valence-electron chi connectivity index (χ4n) is 4.63. The molecule has 2 saturated heterocycles. The maximum Gasteiger partial charge on any atom is 0.260 e. The molecule has 2 aliphatic rings. The second kappa shape index (κ2) is 11.8. The first-order valence-corrected chi connectivity index (χ1v) is 13.6. The van der Waals surface area contributed by atoms with Crippen molar-refractivity contribution in [1.82, 2.24) is 14.8 Å². The van der Waals surface area contributed by atoms with Crippen LogP contribution in [-0.2, 0) is 11.3 Å². The summed E-state index contributed by atoms with van der Waals surface area (Å²) in [5.74, 6) is 3.48. The molecule has 188 valence electrons. The lowest BCUT2D eigenvalue weighted by Crippen LogP contribution is -2.46. The van der Waals surface area contributed by atoms with E-state index in [4.69, 9.17) is 4.74 Å². The third-order valence-electron chi connectivity index (χ3n) is 6.69. The predicted molar refractivity (Wildman–Crippen MR) is 143 cm³/mol. The van der Waals surface area contributed by atoms with E-state index in [2.05, 4.69) is 20.9 Å². The van der Waals surface area contributed by atoms with Crippen LogP contribution in [0.15, 0.2) is 66.9 Å². The molecule has 0 spiro atoms. The summed E-state index contributed by atoms with van der Waals surface area (Å²) in [6.45, 7) is 5.93. The third-order valence-corrected chi connectivity index (χ3v) is 7.63. The molecule has 0 aliphatic carbocycles. The van der Waals surface area contributed by atoms with E-state index in [0.717, 1.165) is 85.6 Å². The zero-order chi connectivity index (χ0) is 24.7. The number of anilines is 1. The lowest BCUT2D eigenvalue weighted by molar-refractivity contribution is -0.133. The third kappa shape index (κ3) is 6.17. The average Bonchev–Trinajstić information content (AvgIpc) is 2.94. The second-order valence-electron chi connectivity index (χ2n) is 9.06. The molecule has 0 unspecified atom stereocenters. The van der Waals surface area contributed by atoms with Gasteiger partial charge in [-0.15, -0.1) is 0 Å². The van der Waals surface area contributed by atoms with Gasteiger partial charge in [-0.2, -0.15) is 11.8 Å². The van der Waals surface area contributed by atoms with Crippen LogP contribution in [0.5, 0.6) is 5.75 Å². The molecule has 0 bridgehead atoms. The van der Waals surface area contributed by atoms with Crippen LogP contribution in [0.4, 0.5) is 10.2 Å². The minimum atomic E-state index is -0.251. The number of nitrogens with zero attached hydrogens (tertiary/aromatic N) is 4. The molecule has 36 heavy (non-hydrogen) atoms. The number of rotatable bonds is 7. The van der Waals surface area contributed by atoms with E-state index in [0.29, 0.717) is 0 Å². The number of thioether (sulfide) groups is 1. The number of carbonyl (C=O) groups excluding carboxylic acids is 1. The highest BCUT2D eigenvalue weighted by atomic mass is 32.2. The second-order valence-corrected chi connectivity index (χ2v) is 10.3. The van der Waals surface area contributed by atoms with Gasteiger partial charge in [0.15, 0.2) is 6.61 Å². The molecule has 3 heterocycles. The number of pyridine rings is 1. The number of aromatic nitrogens is 1. The van der Waals surface area contributed by atoms with Gasteiger partial charge in [0, 0.05) is 69.1 Å². The Morgan fingerprint density at radius 3 is 2.39 bits per heavy atom. The summed E-state index contributed by atoms with van der Waals surface area (Å²) < 4.78 is 19.6. The number of amides is 1. The van der Waals surface area contributed by atoms with E-state index in [-0.39, 0.29) is 18.3 Å². The Morgan fingerprint density at radius 2 is 1.67 bits per heavy atom. The van der Waals surface area contributed by atoms with E-state index in [1.165, 1.54) is 12.1 Å². The summed E-state index contributed by atoms with van der Waals surface area (Å²) in [5.41, 5.74) is 2.99. The van der Waals surface area contributed by atoms with Gasteiger partial charge in [0.05, 0.1) is 0 Å². The van der Waals surface area contributed by atoms with Crippen LogP contribution in [0.2, 0.25) is 0 Å². The topological polar surface area (TPSA) is 48.9 Å². The molecular weight excluding hydrogens is 475 g/mol. The highest BCUT2D eigenvalue weighted by molar-refractivity contribution is 7.99. The molecule has 0 atom stereocenters. The van der Waals surface area contributed by atoms with Crippen molar-refractivity contribution in [1.29, 1.82) is 0 Å². The molecule has 1 amide bonds. The van der Waals surface area contributed by atoms with E-state index < -0.39 is 0 Å². The minimum Gasteiger partial charge on any atom is -0.483 e. The van der Waals surface area contributed by atoms with Gasteiger partial charge in [0.1, 0.15) is 17.4 Å². The Kier molecular flexibility index (Phi) is 8.03. The molecule has 8 heteroatoms. The molecule has 6 nitrogen and oxygen atoms in total. The molecule has 0 N–H and O–H groups in total. The van der Waals surface area contributed by atoms with Crippen LogP contribution in [0.3, 0.4) is 0 Å². The van der Waals surface area contributed by atoms with Crippen molar-refractivity contribution in [2.45, 2.75) is 6.54 Å². The normalized spacial score (nSPS) is 16.7. The summed E-state index contributed by atoms with van der Waals surface area (Å²) in [4.78, 5) is 23.8. The molecular formula is C28H31FN4O2S. The van der Waals surface area contributed by atoms with Gasteiger partial charge < -0.3 is 14.5 Å². The molecule has 0 saturated carbocycles. The Hall–Kier alpha value is -3.10. The number of hydrogen-bond donors (Lipinski definition) is 0. The van der Waals surface area contributed by atoms with Gasteiger partial charge in [-0.25, -0.2) is 9.37 Å². The number of piperazine rings is 1. The van der Waals surface area contributed by atoms with E-state index in [1.54, 1.807) is 12.1 Å². The Morgan fingerprint density at radius 1 is 0.917 bits per heavy atom. The summed E-state index contributed by atoms with van der Waals surface area (Å²) >= 11 is 1.88. The van der Waals surface area contributed by atoms with Crippen LogP contribution < -0.4 is 9.64 Å². The van der Waals surface area contributed by atoms with Gasteiger partial charge in [-0.05, 0) is 47.5 Å². The van der Waals surface area contributed by atoms with Gasteiger partial charge in [-0.1, -0.05) is 24.3 Å². The van der Waals surface area contributed by atoms with Crippen molar-refractivity contribution < 1.29 is 13.9 Å². The fourth-order valence-corrected chi connectivity index (χ4v) is 5.53. The number of benzene rings is 2. The Balaban J connectivity index is 1.30. The van der Waals surface area contributed by atoms with Gasteiger partial charge in [0.2, 0.25) is 0 Å². The summed E-state index contributed by atoms with van der Waals surface area (Å²) in [5, 5.41) is 0. The first kappa shape index (κ1) is 24.6. The van der Waals surface area contributed by atoms with Gasteiger partial charge in [-0.3, -0.25) is 9.69 Å². The van der Waals surface area contributed by atoms with Crippen LogP contribution >= 0.6 is 11.8 Å². The first-order chi connectivity index (χ1) is 17.7. The van der Waals surface area contributed by atoms with Crippen molar-refractivity contribution in [3.63, 3.8) is 0 Å². The summed E-state index contributed by atoms with van der Waals surface area (Å²) in [6, 6.07) is 18.6. The van der Waals surface area contributed by atoms with Gasteiger partial charge >= 0.3 is 0 Å². The standard InChI is InChI=1S/C28H31FN4O2S/c29-25-7-4-22(5-8-25)23-6-9-26(35-21-28(34)33-15-17-36-18-16-33)24(19-23)20-31-11-13-32(14-12-31)27-3-1-2-10-30-27/h1-10,19H,11-18,20-21H2. The minimum absolute atomic E-state index is 0.0350. The zero-order valence-corrected chi connectivity index (χ0v) is 21.1. The smallest absolute Gasteiger partial charge is 0.260 e. The van der Waals surface area contributed by atoms with E-state index in [9.17, 15) is 9.18 Å². The molecule has 1 aromatic heterocycles.